The van der Waals surface area contributed by atoms with E-state index in [0.717, 1.165) is 16.9 Å². The van der Waals surface area contributed by atoms with E-state index in [9.17, 15) is 9.59 Å². The largest absolute Gasteiger partial charge is 0.350 e. The van der Waals surface area contributed by atoms with Crippen molar-refractivity contribution in [1.82, 2.24) is 10.2 Å². The Balaban J connectivity index is 1.88. The van der Waals surface area contributed by atoms with E-state index < -0.39 is 11.6 Å². The van der Waals surface area contributed by atoms with Crippen LogP contribution in [0.15, 0.2) is 78.9 Å². The maximum atomic E-state index is 13.7. The topological polar surface area (TPSA) is 49.4 Å². The maximum Gasteiger partial charge on any atom is 0.243 e. The molecule has 6 heteroatoms. The number of aryl methyl sites for hydroxylation is 1. The van der Waals surface area contributed by atoms with Crippen LogP contribution in [0, 0.1) is 6.92 Å². The molecule has 0 unspecified atom stereocenters. The highest BCUT2D eigenvalue weighted by Gasteiger charge is 2.32. The first kappa shape index (κ1) is 27.8. The second-order valence-corrected chi connectivity index (χ2v) is 11.4. The van der Waals surface area contributed by atoms with Crippen LogP contribution in [-0.2, 0) is 28.3 Å². The summed E-state index contributed by atoms with van der Waals surface area (Å²) >= 11 is 8.04. The molecule has 0 spiro atoms. The van der Waals surface area contributed by atoms with Crippen LogP contribution in [-0.4, -0.2) is 34.0 Å². The molecule has 0 fully saturated rings. The van der Waals surface area contributed by atoms with Crippen LogP contribution < -0.4 is 5.32 Å². The Morgan fingerprint density at radius 1 is 0.944 bits per heavy atom. The van der Waals surface area contributed by atoms with Crippen LogP contribution in [0.25, 0.3) is 0 Å². The van der Waals surface area contributed by atoms with Gasteiger partial charge >= 0.3 is 0 Å². The molecule has 4 nitrogen and oxygen atoms in total. The summed E-state index contributed by atoms with van der Waals surface area (Å²) in [5.41, 5.74) is 3.76. The van der Waals surface area contributed by atoms with E-state index in [4.69, 9.17) is 11.6 Å². The van der Waals surface area contributed by atoms with Crippen LogP contribution >= 0.6 is 23.4 Å². The average Bonchev–Trinajstić information content (AvgIpc) is 2.82. The van der Waals surface area contributed by atoms with E-state index >= 15 is 0 Å². The number of carbonyl (C=O) groups is 2. The number of halogens is 1. The lowest BCUT2D eigenvalue weighted by Gasteiger charge is -2.34. The molecule has 0 bridgehead atoms. The zero-order valence-electron chi connectivity index (χ0n) is 21.5. The Morgan fingerprint density at radius 3 is 2.28 bits per heavy atom. The third-order valence-electron chi connectivity index (χ3n) is 5.64. The van der Waals surface area contributed by atoms with Crippen molar-refractivity contribution in [1.29, 1.82) is 0 Å². The predicted octanol–water partition coefficient (Wildman–Crippen LogP) is 6.44. The second kappa shape index (κ2) is 13.0. The van der Waals surface area contributed by atoms with Gasteiger partial charge in [0.1, 0.15) is 6.04 Å². The fourth-order valence-corrected chi connectivity index (χ4v) is 5.01. The van der Waals surface area contributed by atoms with Gasteiger partial charge in [-0.3, -0.25) is 9.59 Å². The second-order valence-electron chi connectivity index (χ2n) is 10.0. The Morgan fingerprint density at radius 2 is 1.61 bits per heavy atom. The first-order chi connectivity index (χ1) is 17.1. The Kier molecular flexibility index (Phi) is 10.0. The molecule has 0 heterocycles. The van der Waals surface area contributed by atoms with Crippen LogP contribution in [0.1, 0.15) is 43.0 Å². The summed E-state index contributed by atoms with van der Waals surface area (Å²) in [4.78, 5) is 29.0. The molecule has 0 aliphatic rings. The molecule has 0 saturated heterocycles. The van der Waals surface area contributed by atoms with Crippen molar-refractivity contribution in [2.24, 2.45) is 0 Å². The highest BCUT2D eigenvalue weighted by atomic mass is 35.5. The summed E-state index contributed by atoms with van der Waals surface area (Å²) in [5, 5.41) is 3.67. The van der Waals surface area contributed by atoms with E-state index in [1.807, 2.05) is 81.4 Å². The van der Waals surface area contributed by atoms with E-state index in [2.05, 4.69) is 30.4 Å². The molecule has 2 amide bonds. The third-order valence-corrected chi connectivity index (χ3v) is 7.00. The average molecular weight is 523 g/mol. The standard InChI is InChI=1S/C30H35ClN2O2S/c1-22-11-10-14-24(17-22)20-36-21-28(34)33(19-25-15-8-9-16-26(25)31)27(29(35)32-30(2,3)4)18-23-12-6-5-7-13-23/h5-17,27H,18-21H2,1-4H3,(H,32,35)/t27-/m1/s1. The summed E-state index contributed by atoms with van der Waals surface area (Å²) in [5.74, 6) is 0.741. The number of thioether (sulfide) groups is 1. The highest BCUT2D eigenvalue weighted by molar-refractivity contribution is 7.99. The quantitative estimate of drug-likeness (QED) is 0.333. The van der Waals surface area contributed by atoms with Crippen LogP contribution in [0.2, 0.25) is 5.02 Å². The van der Waals surface area contributed by atoms with Crippen molar-refractivity contribution >= 4 is 35.2 Å². The third kappa shape index (κ3) is 8.72. The number of rotatable bonds is 10. The van der Waals surface area contributed by atoms with Crippen molar-refractivity contribution in [2.45, 2.75) is 58.0 Å². The minimum atomic E-state index is -0.671. The molecule has 1 N–H and O–H groups in total. The number of hydrogen-bond donors (Lipinski definition) is 1. The van der Waals surface area contributed by atoms with Crippen LogP contribution in [0.3, 0.4) is 0 Å². The van der Waals surface area contributed by atoms with Gasteiger partial charge < -0.3 is 10.2 Å². The number of nitrogens with zero attached hydrogens (tertiary/aromatic N) is 1. The molecule has 0 aliphatic heterocycles. The van der Waals surface area contributed by atoms with Gasteiger partial charge in [0.15, 0.2) is 0 Å². The summed E-state index contributed by atoms with van der Waals surface area (Å²) in [7, 11) is 0. The monoisotopic (exact) mass is 522 g/mol. The van der Waals surface area contributed by atoms with Crippen molar-refractivity contribution in [2.75, 3.05) is 5.75 Å². The SMILES string of the molecule is Cc1cccc(CSCC(=O)N(Cc2ccccc2Cl)[C@H](Cc2ccccc2)C(=O)NC(C)(C)C)c1. The first-order valence-corrected chi connectivity index (χ1v) is 13.7. The molecule has 36 heavy (non-hydrogen) atoms. The van der Waals surface area contributed by atoms with Gasteiger partial charge in [0, 0.05) is 29.3 Å². The first-order valence-electron chi connectivity index (χ1n) is 12.1. The van der Waals surface area contributed by atoms with Gasteiger partial charge in [-0.2, -0.15) is 0 Å². The molecule has 3 aromatic rings. The predicted molar refractivity (Wildman–Crippen MR) is 151 cm³/mol. The summed E-state index contributed by atoms with van der Waals surface area (Å²) in [6, 6.07) is 24.9. The van der Waals surface area contributed by atoms with Gasteiger partial charge in [-0.25, -0.2) is 0 Å². The van der Waals surface area contributed by atoms with Crippen molar-refractivity contribution in [3.05, 3.63) is 106 Å². The zero-order valence-corrected chi connectivity index (χ0v) is 23.0. The molecule has 1 atom stereocenters. The molecule has 190 valence electrons. The fourth-order valence-electron chi connectivity index (χ4n) is 3.96. The van der Waals surface area contributed by atoms with E-state index in [1.54, 1.807) is 16.7 Å². The molecular formula is C30H35ClN2O2S. The van der Waals surface area contributed by atoms with Crippen molar-refractivity contribution in [3.8, 4) is 0 Å². The lowest BCUT2D eigenvalue weighted by molar-refractivity contribution is -0.140. The molecule has 0 radical (unpaired) electrons. The summed E-state index contributed by atoms with van der Waals surface area (Å²) < 4.78 is 0. The van der Waals surface area contributed by atoms with Crippen LogP contribution in [0.4, 0.5) is 0 Å². The van der Waals surface area contributed by atoms with E-state index in [0.29, 0.717) is 11.4 Å². The number of nitrogens with one attached hydrogen (secondary N) is 1. The molecule has 0 saturated carbocycles. The Hall–Kier alpha value is -2.76. The Labute approximate surface area is 224 Å². The molecule has 0 aliphatic carbocycles. The highest BCUT2D eigenvalue weighted by Crippen LogP contribution is 2.22. The number of benzene rings is 3. The maximum absolute atomic E-state index is 13.7. The number of hydrogen-bond acceptors (Lipinski definition) is 3. The van der Waals surface area contributed by atoms with Crippen molar-refractivity contribution in [3.63, 3.8) is 0 Å². The molecule has 3 aromatic carbocycles. The summed E-state index contributed by atoms with van der Waals surface area (Å²) in [6.45, 7) is 8.17. The zero-order chi connectivity index (χ0) is 26.1. The van der Waals surface area contributed by atoms with Crippen LogP contribution in [0.5, 0.6) is 0 Å². The minimum absolute atomic E-state index is 0.0856. The lowest BCUT2D eigenvalue weighted by Crippen LogP contribution is -2.54. The molecular weight excluding hydrogens is 488 g/mol. The summed E-state index contributed by atoms with van der Waals surface area (Å²) in [6.07, 6.45) is 0.418. The minimum Gasteiger partial charge on any atom is -0.350 e. The normalized spacial score (nSPS) is 12.1. The van der Waals surface area contributed by atoms with Gasteiger partial charge in [0.05, 0.1) is 5.75 Å². The molecule has 3 rings (SSSR count). The number of amides is 2. The molecule has 0 aromatic heterocycles. The number of carbonyl (C=O) groups excluding carboxylic acids is 2. The lowest BCUT2D eigenvalue weighted by atomic mass is 10.0. The van der Waals surface area contributed by atoms with Gasteiger partial charge in [-0.1, -0.05) is 90.0 Å². The van der Waals surface area contributed by atoms with E-state index in [-0.39, 0.29) is 24.1 Å². The Bertz CT molecular complexity index is 1160. The van der Waals surface area contributed by atoms with Gasteiger partial charge in [-0.05, 0) is 50.5 Å². The fraction of sp³-hybridized carbons (Fsp3) is 0.333. The van der Waals surface area contributed by atoms with Gasteiger partial charge in [0.25, 0.3) is 0 Å². The van der Waals surface area contributed by atoms with Gasteiger partial charge in [-0.15, -0.1) is 11.8 Å². The van der Waals surface area contributed by atoms with Gasteiger partial charge in [0.2, 0.25) is 11.8 Å². The van der Waals surface area contributed by atoms with E-state index in [1.165, 1.54) is 11.1 Å². The van der Waals surface area contributed by atoms with Crippen molar-refractivity contribution < 1.29 is 9.59 Å². The smallest absolute Gasteiger partial charge is 0.243 e.